The van der Waals surface area contributed by atoms with Gasteiger partial charge < -0.3 is 0 Å². The Kier molecular flexibility index (Phi) is 10.1. The molecule has 1 aromatic carbocycles. The number of thiophene rings is 4. The maximum Gasteiger partial charge on any atom is 0.0630 e. The summed E-state index contributed by atoms with van der Waals surface area (Å²) in [6, 6.07) is 27.8. The largest absolute Gasteiger partial charge is 0.256 e. The van der Waals surface area contributed by atoms with Crippen LogP contribution in [0.1, 0.15) is 43.9 Å². The molecular formula is C35H34N2S4. The molecule has 0 radical (unpaired) electrons. The first-order valence-electron chi connectivity index (χ1n) is 14.2. The summed E-state index contributed by atoms with van der Waals surface area (Å²) in [5.41, 5.74) is 2.08. The highest BCUT2D eigenvalue weighted by Gasteiger charge is 2.34. The van der Waals surface area contributed by atoms with E-state index in [0.717, 1.165) is 28.1 Å². The molecule has 0 aliphatic heterocycles. The first-order valence-corrected chi connectivity index (χ1v) is 17.5. The minimum Gasteiger partial charge on any atom is -0.256 e. The van der Waals surface area contributed by atoms with E-state index in [9.17, 15) is 0 Å². The Bertz CT molecular complexity index is 1670. The second kappa shape index (κ2) is 14.1. The van der Waals surface area contributed by atoms with Crippen molar-refractivity contribution in [2.24, 2.45) is 21.8 Å². The van der Waals surface area contributed by atoms with Crippen LogP contribution in [0.25, 0.3) is 29.3 Å². The van der Waals surface area contributed by atoms with Crippen molar-refractivity contribution >= 4 is 63.5 Å². The minimum atomic E-state index is 0.730. The number of rotatable bonds is 7. The molecule has 2 atom stereocenters. The Hall–Kier alpha value is -3.16. The molecule has 1 fully saturated rings. The van der Waals surface area contributed by atoms with Crippen LogP contribution in [0.5, 0.6) is 0 Å². The summed E-state index contributed by atoms with van der Waals surface area (Å²) in [4.78, 5) is 19.5. The summed E-state index contributed by atoms with van der Waals surface area (Å²) in [5.74, 6) is 1.51. The highest BCUT2D eigenvalue weighted by molar-refractivity contribution is 7.28. The van der Waals surface area contributed by atoms with Gasteiger partial charge in [0, 0.05) is 51.4 Å². The van der Waals surface area contributed by atoms with E-state index in [1.165, 1.54) is 40.6 Å². The standard InChI is InChI=1S/C31H22N2S4.2C2H6/c1-2-4-22(5-3-1)32-18-24-8-10-26(34-24)28-12-14-30(36-28)31-15-13-29(37-31)27-11-9-25(35-27)19-33-23-7-6-20-16-21(20)17-23;2*1-2/h1-15,17-21H,16H2;2*1-2H3. The highest BCUT2D eigenvalue weighted by Crippen LogP contribution is 2.45. The molecular weight excluding hydrogens is 577 g/mol. The number of allylic oxidation sites excluding steroid dienone is 3. The molecule has 2 aliphatic rings. The lowest BCUT2D eigenvalue weighted by molar-refractivity contribution is 0.960. The van der Waals surface area contributed by atoms with Gasteiger partial charge in [0.05, 0.1) is 11.4 Å². The second-order valence-corrected chi connectivity index (χ2v) is 13.5. The number of nitrogens with zero attached hydrogens (tertiary/aromatic N) is 2. The summed E-state index contributed by atoms with van der Waals surface area (Å²) >= 11 is 7.30. The molecule has 4 heterocycles. The lowest BCUT2D eigenvalue weighted by atomic mass is 10.1. The monoisotopic (exact) mass is 610 g/mol. The number of para-hydroxylation sites is 1. The summed E-state index contributed by atoms with van der Waals surface area (Å²) in [6.45, 7) is 8.00. The third-order valence-corrected chi connectivity index (χ3v) is 11.2. The third kappa shape index (κ3) is 7.38. The molecule has 41 heavy (non-hydrogen) atoms. The van der Waals surface area contributed by atoms with Gasteiger partial charge in [-0.3, -0.25) is 9.98 Å². The lowest BCUT2D eigenvalue weighted by Crippen LogP contribution is -1.85. The van der Waals surface area contributed by atoms with E-state index in [1.807, 2.05) is 93.1 Å². The van der Waals surface area contributed by atoms with E-state index in [4.69, 9.17) is 4.99 Å². The van der Waals surface area contributed by atoms with E-state index in [-0.39, 0.29) is 0 Å². The average molecular weight is 611 g/mol. The fourth-order valence-electron chi connectivity index (χ4n) is 4.34. The summed E-state index contributed by atoms with van der Waals surface area (Å²) in [5, 5.41) is 0. The van der Waals surface area contributed by atoms with Gasteiger partial charge in [-0.25, -0.2) is 0 Å². The van der Waals surface area contributed by atoms with Crippen molar-refractivity contribution in [3.63, 3.8) is 0 Å². The molecule has 6 heteroatoms. The van der Waals surface area contributed by atoms with Crippen LogP contribution in [0.2, 0.25) is 0 Å². The van der Waals surface area contributed by atoms with Gasteiger partial charge in [-0.05, 0) is 85.0 Å². The highest BCUT2D eigenvalue weighted by atomic mass is 32.1. The van der Waals surface area contributed by atoms with Crippen molar-refractivity contribution in [3.05, 3.63) is 113 Å². The van der Waals surface area contributed by atoms with Crippen LogP contribution < -0.4 is 0 Å². The first kappa shape index (κ1) is 29.3. The van der Waals surface area contributed by atoms with Gasteiger partial charge in [0.15, 0.2) is 0 Å². The van der Waals surface area contributed by atoms with Gasteiger partial charge in [0.25, 0.3) is 0 Å². The number of fused-ring (bicyclic) bond motifs is 1. The van der Waals surface area contributed by atoms with Gasteiger partial charge in [-0.1, -0.05) is 58.0 Å². The zero-order valence-electron chi connectivity index (χ0n) is 23.8. The van der Waals surface area contributed by atoms with Crippen molar-refractivity contribution in [2.75, 3.05) is 0 Å². The number of hydrogen-bond acceptors (Lipinski definition) is 6. The number of aliphatic imine (C=N–C) groups is 2. The van der Waals surface area contributed by atoms with Crippen molar-refractivity contribution in [1.82, 2.24) is 0 Å². The zero-order chi connectivity index (χ0) is 28.6. The lowest BCUT2D eigenvalue weighted by Gasteiger charge is -1.98. The Balaban J connectivity index is 0.000000810. The van der Waals surface area contributed by atoms with E-state index in [1.54, 1.807) is 22.7 Å². The SMILES string of the molecule is C1=CC2CC2C=C1N=Cc1ccc(-c2ccc(-c3ccc(-c4ccc(C=Nc5ccccc5)s4)s3)s2)s1.CC.CC. The molecule has 0 saturated heterocycles. The predicted octanol–water partition coefficient (Wildman–Crippen LogP) is 12.2. The Morgan fingerprint density at radius 3 is 1.59 bits per heavy atom. The van der Waals surface area contributed by atoms with Crippen LogP contribution in [0, 0.1) is 11.8 Å². The number of hydrogen-bond donors (Lipinski definition) is 0. The van der Waals surface area contributed by atoms with Crippen molar-refractivity contribution in [3.8, 4) is 29.3 Å². The topological polar surface area (TPSA) is 24.7 Å². The Morgan fingerprint density at radius 1 is 0.561 bits per heavy atom. The average Bonchev–Trinajstić information content (AvgIpc) is 3.59. The third-order valence-electron chi connectivity index (χ3n) is 6.42. The summed E-state index contributed by atoms with van der Waals surface area (Å²) < 4.78 is 0. The molecule has 5 aromatic rings. The fourth-order valence-corrected chi connectivity index (χ4v) is 8.38. The molecule has 0 bridgehead atoms. The quantitative estimate of drug-likeness (QED) is 0.164. The van der Waals surface area contributed by atoms with Gasteiger partial charge in [-0.2, -0.15) is 0 Å². The molecule has 2 aliphatic carbocycles. The smallest absolute Gasteiger partial charge is 0.0630 e. The van der Waals surface area contributed by atoms with Crippen LogP contribution in [0.3, 0.4) is 0 Å². The van der Waals surface area contributed by atoms with E-state index < -0.39 is 0 Å². The molecule has 0 amide bonds. The van der Waals surface area contributed by atoms with Crippen LogP contribution >= 0.6 is 45.3 Å². The van der Waals surface area contributed by atoms with E-state index in [0.29, 0.717) is 0 Å². The van der Waals surface area contributed by atoms with Crippen LogP contribution in [0.15, 0.2) is 113 Å². The molecule has 0 N–H and O–H groups in total. The Morgan fingerprint density at radius 2 is 1.05 bits per heavy atom. The maximum atomic E-state index is 4.71. The van der Waals surface area contributed by atoms with Crippen LogP contribution in [0.4, 0.5) is 5.69 Å². The summed E-state index contributed by atoms with van der Waals surface area (Å²) in [7, 11) is 0. The molecule has 1 saturated carbocycles. The molecule has 2 unspecified atom stereocenters. The normalized spacial score (nSPS) is 17.0. The van der Waals surface area contributed by atoms with Gasteiger partial charge >= 0.3 is 0 Å². The molecule has 7 rings (SSSR count). The molecule has 2 nitrogen and oxygen atoms in total. The predicted molar refractivity (Wildman–Crippen MR) is 187 cm³/mol. The summed E-state index contributed by atoms with van der Waals surface area (Å²) in [6.07, 6.45) is 12.0. The van der Waals surface area contributed by atoms with Gasteiger partial charge in [0.2, 0.25) is 0 Å². The minimum absolute atomic E-state index is 0.730. The fraction of sp³-hybridized carbons (Fsp3) is 0.200. The van der Waals surface area contributed by atoms with Crippen molar-refractivity contribution < 1.29 is 0 Å². The van der Waals surface area contributed by atoms with Gasteiger partial charge in [0.1, 0.15) is 0 Å². The Labute approximate surface area is 259 Å². The van der Waals surface area contributed by atoms with E-state index in [2.05, 4.69) is 71.8 Å². The molecule has 208 valence electrons. The second-order valence-electron chi connectivity index (χ2n) is 9.10. The van der Waals surface area contributed by atoms with Crippen molar-refractivity contribution in [1.29, 1.82) is 0 Å². The molecule has 4 aromatic heterocycles. The maximum absolute atomic E-state index is 4.71. The van der Waals surface area contributed by atoms with E-state index >= 15 is 0 Å². The zero-order valence-corrected chi connectivity index (χ0v) is 27.0. The van der Waals surface area contributed by atoms with Crippen molar-refractivity contribution in [2.45, 2.75) is 34.1 Å². The first-order chi connectivity index (χ1) is 20.3. The number of benzene rings is 1. The van der Waals surface area contributed by atoms with Crippen LogP contribution in [-0.2, 0) is 0 Å². The van der Waals surface area contributed by atoms with Crippen LogP contribution in [-0.4, -0.2) is 12.4 Å². The van der Waals surface area contributed by atoms with Gasteiger partial charge in [-0.15, -0.1) is 45.3 Å². The molecule has 0 spiro atoms.